The number of aromatic amines is 1. The zero-order valence-corrected chi connectivity index (χ0v) is 13.2. The fourth-order valence-corrected chi connectivity index (χ4v) is 1.85. The molecule has 2 rings (SSSR count). The molecule has 1 amide bonds. The molecule has 23 heavy (non-hydrogen) atoms. The number of H-pyrrole nitrogens is 1. The monoisotopic (exact) mass is 319 g/mol. The van der Waals surface area contributed by atoms with Crippen molar-refractivity contribution in [3.8, 4) is 11.5 Å². The number of ether oxygens (including phenoxy) is 2. The largest absolute Gasteiger partial charge is 0.497 e. The average Bonchev–Trinajstić information content (AvgIpc) is 3.06. The summed E-state index contributed by atoms with van der Waals surface area (Å²) >= 11 is 0. The van der Waals surface area contributed by atoms with E-state index in [2.05, 4.69) is 15.5 Å². The predicted octanol–water partition coefficient (Wildman–Crippen LogP) is 1.50. The van der Waals surface area contributed by atoms with Crippen LogP contribution in [-0.4, -0.2) is 41.0 Å². The minimum Gasteiger partial charge on any atom is -0.497 e. The van der Waals surface area contributed by atoms with E-state index in [0.717, 1.165) is 0 Å². The van der Waals surface area contributed by atoms with E-state index in [0.29, 0.717) is 23.6 Å². The van der Waals surface area contributed by atoms with Crippen molar-refractivity contribution in [2.24, 2.45) is 0 Å². The van der Waals surface area contributed by atoms with Gasteiger partial charge in [-0.15, -0.1) is 0 Å². The summed E-state index contributed by atoms with van der Waals surface area (Å²) in [6.07, 6.45) is 0.0364. The number of methoxy groups -OCH3 is 1. The van der Waals surface area contributed by atoms with Crippen molar-refractivity contribution in [2.45, 2.75) is 26.1 Å². The molecule has 1 aromatic heterocycles. The van der Waals surface area contributed by atoms with Gasteiger partial charge in [0.25, 0.3) is 5.91 Å². The summed E-state index contributed by atoms with van der Waals surface area (Å²) in [6, 6.07) is 8.87. The van der Waals surface area contributed by atoms with Gasteiger partial charge in [-0.05, 0) is 24.6 Å². The van der Waals surface area contributed by atoms with Crippen molar-refractivity contribution in [3.63, 3.8) is 0 Å². The van der Waals surface area contributed by atoms with Crippen LogP contribution in [0, 0.1) is 0 Å². The zero-order chi connectivity index (χ0) is 16.7. The van der Waals surface area contributed by atoms with Crippen LogP contribution in [0.1, 0.15) is 29.5 Å². The highest BCUT2D eigenvalue weighted by atomic mass is 16.5. The van der Waals surface area contributed by atoms with E-state index < -0.39 is 6.10 Å². The van der Waals surface area contributed by atoms with Gasteiger partial charge in [-0.3, -0.25) is 9.89 Å². The Morgan fingerprint density at radius 2 is 2.17 bits per heavy atom. The second-order valence-corrected chi connectivity index (χ2v) is 5.02. The number of hydrogen-bond donors (Lipinski definition) is 3. The average molecular weight is 319 g/mol. The number of rotatable bonds is 8. The van der Waals surface area contributed by atoms with Gasteiger partial charge in [-0.1, -0.05) is 13.0 Å². The van der Waals surface area contributed by atoms with Gasteiger partial charge in [-0.25, -0.2) is 0 Å². The first-order chi connectivity index (χ1) is 11.1. The molecule has 2 aromatic rings. The molecule has 0 bridgehead atoms. The minimum atomic E-state index is -0.547. The van der Waals surface area contributed by atoms with Crippen LogP contribution in [0.15, 0.2) is 30.3 Å². The van der Waals surface area contributed by atoms with Crippen molar-refractivity contribution in [1.29, 1.82) is 0 Å². The van der Waals surface area contributed by atoms with E-state index in [-0.39, 0.29) is 24.8 Å². The Morgan fingerprint density at radius 1 is 1.39 bits per heavy atom. The van der Waals surface area contributed by atoms with Gasteiger partial charge in [-0.2, -0.15) is 5.10 Å². The van der Waals surface area contributed by atoms with Crippen molar-refractivity contribution >= 4 is 5.91 Å². The molecule has 1 unspecified atom stereocenters. The highest BCUT2D eigenvalue weighted by Crippen LogP contribution is 2.19. The van der Waals surface area contributed by atoms with Crippen molar-refractivity contribution in [2.75, 3.05) is 13.7 Å². The lowest BCUT2D eigenvalue weighted by molar-refractivity contribution is 0.0909. The van der Waals surface area contributed by atoms with Gasteiger partial charge >= 0.3 is 0 Å². The first kappa shape index (κ1) is 16.8. The lowest BCUT2D eigenvalue weighted by Crippen LogP contribution is -2.31. The van der Waals surface area contributed by atoms with Crippen LogP contribution < -0.4 is 14.8 Å². The molecule has 0 radical (unpaired) electrons. The number of carbonyl (C=O) groups excluding carboxylic acids is 1. The highest BCUT2D eigenvalue weighted by molar-refractivity contribution is 5.92. The summed E-state index contributed by atoms with van der Waals surface area (Å²) in [6.45, 7) is 2.31. The van der Waals surface area contributed by atoms with Gasteiger partial charge in [0.15, 0.2) is 0 Å². The molecule has 7 heteroatoms. The van der Waals surface area contributed by atoms with Gasteiger partial charge in [0, 0.05) is 12.6 Å². The Bertz CT molecular complexity index is 642. The molecule has 0 aliphatic rings. The predicted molar refractivity (Wildman–Crippen MR) is 84.5 cm³/mol. The lowest BCUT2D eigenvalue weighted by atomic mass is 10.2. The molecule has 124 valence electrons. The number of aromatic nitrogens is 2. The lowest BCUT2D eigenvalue weighted by Gasteiger charge is -2.07. The molecule has 0 spiro atoms. The molecule has 1 heterocycles. The van der Waals surface area contributed by atoms with Crippen LogP contribution in [-0.2, 0) is 6.61 Å². The van der Waals surface area contributed by atoms with Gasteiger partial charge in [0.05, 0.1) is 18.9 Å². The normalized spacial score (nSPS) is 11.8. The molecule has 0 saturated heterocycles. The fraction of sp³-hybridized carbons (Fsp3) is 0.375. The van der Waals surface area contributed by atoms with Crippen LogP contribution >= 0.6 is 0 Å². The number of aliphatic hydroxyl groups excluding tert-OH is 1. The number of nitrogens with zero attached hydrogens (tertiary/aromatic N) is 1. The summed E-state index contributed by atoms with van der Waals surface area (Å²) < 4.78 is 10.7. The fourth-order valence-electron chi connectivity index (χ4n) is 1.85. The number of carbonyl (C=O) groups is 1. The Balaban J connectivity index is 1.87. The first-order valence-electron chi connectivity index (χ1n) is 7.39. The third-order valence-electron chi connectivity index (χ3n) is 3.27. The van der Waals surface area contributed by atoms with E-state index in [1.807, 2.05) is 25.1 Å². The third-order valence-corrected chi connectivity index (χ3v) is 3.27. The Kier molecular flexibility index (Phi) is 5.99. The number of benzene rings is 1. The molecule has 0 fully saturated rings. The van der Waals surface area contributed by atoms with Crippen molar-refractivity contribution < 1.29 is 19.4 Å². The molecule has 3 N–H and O–H groups in total. The summed E-state index contributed by atoms with van der Waals surface area (Å²) in [5, 5.41) is 18.8. The molecule has 7 nitrogen and oxygen atoms in total. The molecule has 1 aromatic carbocycles. The zero-order valence-electron chi connectivity index (χ0n) is 13.2. The van der Waals surface area contributed by atoms with E-state index >= 15 is 0 Å². The van der Waals surface area contributed by atoms with Crippen LogP contribution in [0.3, 0.4) is 0 Å². The summed E-state index contributed by atoms with van der Waals surface area (Å²) in [7, 11) is 1.59. The van der Waals surface area contributed by atoms with E-state index in [9.17, 15) is 9.90 Å². The molecule has 0 aliphatic heterocycles. The maximum atomic E-state index is 11.9. The number of aliphatic hydroxyl groups is 1. The van der Waals surface area contributed by atoms with Gasteiger partial charge < -0.3 is 19.9 Å². The Morgan fingerprint density at radius 3 is 2.91 bits per heavy atom. The second-order valence-electron chi connectivity index (χ2n) is 5.02. The third kappa shape index (κ3) is 5.00. The van der Waals surface area contributed by atoms with Crippen molar-refractivity contribution in [1.82, 2.24) is 15.5 Å². The van der Waals surface area contributed by atoms with Gasteiger partial charge in [0.1, 0.15) is 23.8 Å². The first-order valence-corrected chi connectivity index (χ1v) is 7.39. The Labute approximate surface area is 134 Å². The summed E-state index contributed by atoms with van der Waals surface area (Å²) in [5.74, 6) is 1.04. The van der Waals surface area contributed by atoms with Crippen molar-refractivity contribution in [3.05, 3.63) is 41.7 Å². The number of hydrogen-bond acceptors (Lipinski definition) is 5. The van der Waals surface area contributed by atoms with Crippen LogP contribution in [0.4, 0.5) is 0 Å². The summed E-state index contributed by atoms with van der Waals surface area (Å²) in [4.78, 5) is 11.9. The summed E-state index contributed by atoms with van der Waals surface area (Å²) in [5.41, 5.74) is 0.937. The van der Waals surface area contributed by atoms with E-state index in [1.165, 1.54) is 0 Å². The molecular weight excluding hydrogens is 298 g/mol. The quantitative estimate of drug-likeness (QED) is 0.685. The van der Waals surface area contributed by atoms with Crippen LogP contribution in [0.2, 0.25) is 0 Å². The number of nitrogens with one attached hydrogen (secondary N) is 2. The molecule has 0 aliphatic carbocycles. The standard InChI is InChI=1S/C16H21N3O4/c1-3-12(20)9-17-16(21)15-7-11(18-19-15)10-23-14-6-4-5-13(8-14)22-2/h4-8,12,20H,3,9-10H2,1-2H3,(H,17,21)(H,18,19). The topological polar surface area (TPSA) is 96.5 Å². The molecular formula is C16H21N3O4. The van der Waals surface area contributed by atoms with Crippen LogP contribution in [0.5, 0.6) is 11.5 Å². The van der Waals surface area contributed by atoms with E-state index in [1.54, 1.807) is 19.2 Å². The van der Waals surface area contributed by atoms with Crippen LogP contribution in [0.25, 0.3) is 0 Å². The second kappa shape index (κ2) is 8.19. The highest BCUT2D eigenvalue weighted by Gasteiger charge is 2.12. The molecule has 1 atom stereocenters. The maximum Gasteiger partial charge on any atom is 0.271 e. The Hall–Kier alpha value is -2.54. The maximum absolute atomic E-state index is 11.9. The minimum absolute atomic E-state index is 0.206. The molecule has 0 saturated carbocycles. The van der Waals surface area contributed by atoms with Gasteiger partial charge in [0.2, 0.25) is 0 Å². The SMILES string of the molecule is CCC(O)CNC(=O)c1cc(COc2cccc(OC)c2)[nH]n1. The number of amides is 1. The van der Waals surface area contributed by atoms with E-state index in [4.69, 9.17) is 9.47 Å². The smallest absolute Gasteiger partial charge is 0.271 e.